The van der Waals surface area contributed by atoms with Gasteiger partial charge in [0.05, 0.1) is 13.2 Å². The molecular formula is C12H17FN2OS. The minimum absolute atomic E-state index is 0.0619. The fraction of sp³-hybridized carbons (Fsp3) is 0.500. The summed E-state index contributed by atoms with van der Waals surface area (Å²) in [5, 5.41) is 0.385. The summed E-state index contributed by atoms with van der Waals surface area (Å²) in [5.74, 6) is 7.18. The minimum atomic E-state index is -0.260. The van der Waals surface area contributed by atoms with Gasteiger partial charge in [0.2, 0.25) is 0 Å². The summed E-state index contributed by atoms with van der Waals surface area (Å²) in [6, 6.07) is 4.49. The molecule has 1 saturated heterocycles. The van der Waals surface area contributed by atoms with Crippen molar-refractivity contribution >= 4 is 11.8 Å². The van der Waals surface area contributed by atoms with Gasteiger partial charge in [-0.15, -0.1) is 0 Å². The highest BCUT2D eigenvalue weighted by molar-refractivity contribution is 8.00. The number of rotatable bonds is 4. The third-order valence-corrected chi connectivity index (χ3v) is 4.50. The van der Waals surface area contributed by atoms with Crippen LogP contribution >= 0.6 is 11.8 Å². The normalized spacial score (nSPS) is 21.5. The number of benzene rings is 1. The van der Waals surface area contributed by atoms with Crippen molar-refractivity contribution in [2.75, 3.05) is 12.9 Å². The van der Waals surface area contributed by atoms with E-state index in [-0.39, 0.29) is 11.9 Å². The summed E-state index contributed by atoms with van der Waals surface area (Å²) in [4.78, 5) is 0. The Morgan fingerprint density at radius 3 is 3.00 bits per heavy atom. The van der Waals surface area contributed by atoms with Crippen LogP contribution in [0.2, 0.25) is 0 Å². The Hall–Kier alpha value is -0.780. The molecule has 1 heterocycles. The van der Waals surface area contributed by atoms with Crippen LogP contribution in [0.4, 0.5) is 4.39 Å². The molecular weight excluding hydrogens is 239 g/mol. The first-order valence-corrected chi connectivity index (χ1v) is 6.72. The van der Waals surface area contributed by atoms with Gasteiger partial charge in [-0.3, -0.25) is 11.3 Å². The van der Waals surface area contributed by atoms with E-state index in [9.17, 15) is 4.39 Å². The lowest BCUT2D eigenvalue weighted by Crippen LogP contribution is -2.34. The maximum Gasteiger partial charge on any atom is 0.123 e. The second kappa shape index (κ2) is 5.71. The Morgan fingerprint density at radius 2 is 2.41 bits per heavy atom. The molecule has 1 aromatic rings. The van der Waals surface area contributed by atoms with E-state index in [2.05, 4.69) is 5.43 Å². The van der Waals surface area contributed by atoms with E-state index in [4.69, 9.17) is 10.6 Å². The zero-order valence-corrected chi connectivity index (χ0v) is 10.6. The van der Waals surface area contributed by atoms with Crippen molar-refractivity contribution < 1.29 is 9.13 Å². The van der Waals surface area contributed by atoms with Gasteiger partial charge in [0, 0.05) is 10.8 Å². The topological polar surface area (TPSA) is 47.3 Å². The van der Waals surface area contributed by atoms with Gasteiger partial charge < -0.3 is 4.74 Å². The molecule has 5 heteroatoms. The Balaban J connectivity index is 2.31. The number of ether oxygens (including phenoxy) is 1. The number of methoxy groups -OCH3 is 1. The highest BCUT2D eigenvalue weighted by Crippen LogP contribution is 2.38. The average Bonchev–Trinajstić information content (AvgIpc) is 2.84. The molecule has 0 bridgehead atoms. The van der Waals surface area contributed by atoms with Gasteiger partial charge >= 0.3 is 0 Å². The molecule has 17 heavy (non-hydrogen) atoms. The van der Waals surface area contributed by atoms with Crippen molar-refractivity contribution in [1.82, 2.24) is 5.43 Å². The van der Waals surface area contributed by atoms with Crippen molar-refractivity contribution in [3.8, 4) is 5.75 Å². The van der Waals surface area contributed by atoms with Crippen LogP contribution in [0.3, 0.4) is 0 Å². The van der Waals surface area contributed by atoms with Gasteiger partial charge in [-0.25, -0.2) is 4.39 Å². The zero-order valence-electron chi connectivity index (χ0n) is 9.78. The van der Waals surface area contributed by atoms with E-state index < -0.39 is 0 Å². The van der Waals surface area contributed by atoms with Crippen LogP contribution < -0.4 is 16.0 Å². The molecule has 0 radical (unpaired) electrons. The van der Waals surface area contributed by atoms with Crippen LogP contribution in [0.15, 0.2) is 18.2 Å². The van der Waals surface area contributed by atoms with Crippen LogP contribution in [0.1, 0.15) is 24.4 Å². The number of nitrogens with two attached hydrogens (primary N) is 1. The van der Waals surface area contributed by atoms with Gasteiger partial charge in [0.25, 0.3) is 0 Å². The number of nitrogens with one attached hydrogen (secondary N) is 1. The first kappa shape index (κ1) is 12.7. The van der Waals surface area contributed by atoms with Gasteiger partial charge in [0.1, 0.15) is 11.6 Å². The third-order valence-electron chi connectivity index (χ3n) is 3.04. The second-order valence-electron chi connectivity index (χ2n) is 4.08. The summed E-state index contributed by atoms with van der Waals surface area (Å²) >= 11 is 1.87. The summed E-state index contributed by atoms with van der Waals surface area (Å²) in [6.07, 6.45) is 2.28. The summed E-state index contributed by atoms with van der Waals surface area (Å²) in [5.41, 5.74) is 3.60. The fourth-order valence-electron chi connectivity index (χ4n) is 2.21. The molecule has 0 amide bonds. The predicted molar refractivity (Wildman–Crippen MR) is 68.5 cm³/mol. The molecule has 1 aliphatic heterocycles. The molecule has 2 atom stereocenters. The predicted octanol–water partition coefficient (Wildman–Crippen LogP) is 2.23. The summed E-state index contributed by atoms with van der Waals surface area (Å²) in [7, 11) is 1.59. The Kier molecular flexibility index (Phi) is 4.25. The van der Waals surface area contributed by atoms with E-state index in [1.54, 1.807) is 13.2 Å². The highest BCUT2D eigenvalue weighted by Gasteiger charge is 2.28. The molecule has 3 nitrogen and oxygen atoms in total. The quantitative estimate of drug-likeness (QED) is 0.640. The molecule has 1 aromatic carbocycles. The van der Waals surface area contributed by atoms with Crippen molar-refractivity contribution in [2.24, 2.45) is 5.84 Å². The highest BCUT2D eigenvalue weighted by atomic mass is 32.2. The van der Waals surface area contributed by atoms with Gasteiger partial charge in [-0.1, -0.05) is 0 Å². The Bertz CT molecular complexity index is 383. The van der Waals surface area contributed by atoms with E-state index >= 15 is 0 Å². The summed E-state index contributed by atoms with van der Waals surface area (Å²) < 4.78 is 18.6. The van der Waals surface area contributed by atoms with E-state index in [0.717, 1.165) is 17.7 Å². The lowest BCUT2D eigenvalue weighted by molar-refractivity contribution is 0.395. The Morgan fingerprint density at radius 1 is 1.59 bits per heavy atom. The molecule has 1 aliphatic rings. The third kappa shape index (κ3) is 2.73. The molecule has 2 unspecified atom stereocenters. The van der Waals surface area contributed by atoms with Crippen molar-refractivity contribution in [3.05, 3.63) is 29.6 Å². The number of hydrazine groups is 1. The standard InChI is InChI=1S/C12H17FN2OS/c1-16-10-5-4-8(13)7-9(10)12(15-14)11-3-2-6-17-11/h4-5,7,11-12,15H,2-3,6,14H2,1H3. The van der Waals surface area contributed by atoms with Crippen molar-refractivity contribution in [1.29, 1.82) is 0 Å². The molecule has 3 N–H and O–H groups in total. The maximum absolute atomic E-state index is 13.3. The molecule has 0 saturated carbocycles. The van der Waals surface area contributed by atoms with Gasteiger partial charge in [0.15, 0.2) is 0 Å². The molecule has 2 rings (SSSR count). The average molecular weight is 256 g/mol. The van der Waals surface area contributed by atoms with Gasteiger partial charge in [-0.2, -0.15) is 11.8 Å². The molecule has 94 valence electrons. The van der Waals surface area contributed by atoms with E-state index in [1.165, 1.54) is 18.6 Å². The van der Waals surface area contributed by atoms with Crippen LogP contribution in [-0.4, -0.2) is 18.1 Å². The van der Waals surface area contributed by atoms with Crippen LogP contribution in [0.25, 0.3) is 0 Å². The lowest BCUT2D eigenvalue weighted by atomic mass is 10.0. The molecule has 0 spiro atoms. The number of halogens is 1. The molecule has 0 aromatic heterocycles. The number of hydrogen-bond donors (Lipinski definition) is 2. The number of hydrogen-bond acceptors (Lipinski definition) is 4. The largest absolute Gasteiger partial charge is 0.496 e. The van der Waals surface area contributed by atoms with Crippen LogP contribution in [0, 0.1) is 5.82 Å². The smallest absolute Gasteiger partial charge is 0.123 e. The fourth-order valence-corrected chi connectivity index (χ4v) is 3.60. The Labute approximate surface area is 105 Å². The first-order chi connectivity index (χ1) is 8.26. The maximum atomic E-state index is 13.3. The monoisotopic (exact) mass is 256 g/mol. The first-order valence-electron chi connectivity index (χ1n) is 5.67. The SMILES string of the molecule is COc1ccc(F)cc1C(NN)C1CCCS1. The second-order valence-corrected chi connectivity index (χ2v) is 5.43. The van der Waals surface area contributed by atoms with E-state index in [1.807, 2.05) is 11.8 Å². The van der Waals surface area contributed by atoms with E-state index in [0.29, 0.717) is 11.0 Å². The van der Waals surface area contributed by atoms with Crippen molar-refractivity contribution in [3.63, 3.8) is 0 Å². The zero-order chi connectivity index (χ0) is 12.3. The number of thioether (sulfide) groups is 1. The molecule has 1 fully saturated rings. The van der Waals surface area contributed by atoms with Crippen LogP contribution in [0.5, 0.6) is 5.75 Å². The molecule has 0 aliphatic carbocycles. The van der Waals surface area contributed by atoms with Crippen LogP contribution in [-0.2, 0) is 0 Å². The van der Waals surface area contributed by atoms with Crippen molar-refractivity contribution in [2.45, 2.75) is 24.1 Å². The summed E-state index contributed by atoms with van der Waals surface area (Å²) in [6.45, 7) is 0. The lowest BCUT2D eigenvalue weighted by Gasteiger charge is -2.24. The minimum Gasteiger partial charge on any atom is -0.496 e. The van der Waals surface area contributed by atoms with Gasteiger partial charge in [-0.05, 0) is 36.8 Å².